The van der Waals surface area contributed by atoms with Crippen LogP contribution in [-0.4, -0.2) is 8.42 Å². The first kappa shape index (κ1) is 15.7. The van der Waals surface area contributed by atoms with Crippen molar-refractivity contribution < 1.29 is 17.2 Å². The molecular weight excluding hydrogens is 320 g/mol. The van der Waals surface area contributed by atoms with E-state index in [1.807, 2.05) is 0 Å². The van der Waals surface area contributed by atoms with E-state index in [9.17, 15) is 17.2 Å². The summed E-state index contributed by atoms with van der Waals surface area (Å²) in [5, 5.41) is 0.196. The van der Waals surface area contributed by atoms with Gasteiger partial charge in [-0.1, -0.05) is 11.6 Å². The predicted molar refractivity (Wildman–Crippen MR) is 78.1 cm³/mol. The summed E-state index contributed by atoms with van der Waals surface area (Å²) in [6.07, 6.45) is 0. The van der Waals surface area contributed by atoms with Gasteiger partial charge in [0.2, 0.25) is 0 Å². The standard InChI is InChI=1S/C14H12ClF2NO2S/c1-8-5-11(16)6-9(2)14(8)21(19,20)18-13-7-10(15)3-4-12(13)17/h3-7,18H,1-2H3. The number of aryl methyl sites for hydroxylation is 2. The third-order valence-electron chi connectivity index (χ3n) is 2.87. The molecule has 0 atom stereocenters. The van der Waals surface area contributed by atoms with Crippen LogP contribution in [0.15, 0.2) is 35.2 Å². The molecule has 0 heterocycles. The van der Waals surface area contributed by atoms with Crippen molar-refractivity contribution in [3.63, 3.8) is 0 Å². The quantitative estimate of drug-likeness (QED) is 0.922. The van der Waals surface area contributed by atoms with Gasteiger partial charge in [0.25, 0.3) is 10.0 Å². The molecule has 0 aromatic heterocycles. The van der Waals surface area contributed by atoms with Crippen molar-refractivity contribution in [1.29, 1.82) is 0 Å². The molecule has 0 bridgehead atoms. The second-order valence-electron chi connectivity index (χ2n) is 4.60. The molecule has 3 nitrogen and oxygen atoms in total. The van der Waals surface area contributed by atoms with E-state index in [2.05, 4.69) is 4.72 Å². The summed E-state index contributed by atoms with van der Waals surface area (Å²) in [6, 6.07) is 5.75. The van der Waals surface area contributed by atoms with Gasteiger partial charge in [0, 0.05) is 5.02 Å². The first-order chi connectivity index (χ1) is 9.70. The Morgan fingerprint density at radius 1 is 1.05 bits per heavy atom. The molecule has 2 aromatic rings. The van der Waals surface area contributed by atoms with Gasteiger partial charge in [0.15, 0.2) is 0 Å². The summed E-state index contributed by atoms with van der Waals surface area (Å²) in [5.74, 6) is -1.28. The number of nitrogens with one attached hydrogen (secondary N) is 1. The Morgan fingerprint density at radius 2 is 1.62 bits per heavy atom. The highest BCUT2D eigenvalue weighted by Crippen LogP contribution is 2.26. The zero-order valence-corrected chi connectivity index (χ0v) is 12.8. The average molecular weight is 332 g/mol. The smallest absolute Gasteiger partial charge is 0.262 e. The molecule has 0 saturated carbocycles. The lowest BCUT2D eigenvalue weighted by atomic mass is 10.1. The summed E-state index contributed by atoms with van der Waals surface area (Å²) in [6.45, 7) is 2.94. The Bertz CT molecular complexity index is 784. The van der Waals surface area contributed by atoms with Crippen LogP contribution < -0.4 is 4.72 Å². The number of hydrogen-bond acceptors (Lipinski definition) is 2. The lowest BCUT2D eigenvalue weighted by Crippen LogP contribution is -2.16. The van der Waals surface area contributed by atoms with Crippen LogP contribution in [0.25, 0.3) is 0 Å². The molecule has 1 N–H and O–H groups in total. The van der Waals surface area contributed by atoms with Crippen molar-refractivity contribution in [2.24, 2.45) is 0 Å². The number of sulfonamides is 1. The maximum absolute atomic E-state index is 13.6. The molecule has 7 heteroatoms. The van der Waals surface area contributed by atoms with Gasteiger partial charge in [-0.15, -0.1) is 0 Å². The summed E-state index contributed by atoms with van der Waals surface area (Å²) < 4.78 is 53.8. The van der Waals surface area contributed by atoms with Crippen LogP contribution in [0, 0.1) is 25.5 Å². The Balaban J connectivity index is 2.51. The van der Waals surface area contributed by atoms with Gasteiger partial charge in [-0.2, -0.15) is 0 Å². The molecule has 0 fully saturated rings. The number of benzene rings is 2. The van der Waals surface area contributed by atoms with E-state index < -0.39 is 21.7 Å². The van der Waals surface area contributed by atoms with E-state index in [0.29, 0.717) is 0 Å². The van der Waals surface area contributed by atoms with Crippen LogP contribution in [0.4, 0.5) is 14.5 Å². The van der Waals surface area contributed by atoms with Gasteiger partial charge >= 0.3 is 0 Å². The third-order valence-corrected chi connectivity index (χ3v) is 4.77. The Kier molecular flexibility index (Phi) is 4.20. The van der Waals surface area contributed by atoms with Crippen molar-refractivity contribution in [2.75, 3.05) is 4.72 Å². The van der Waals surface area contributed by atoms with E-state index in [0.717, 1.165) is 18.2 Å². The molecule has 2 rings (SSSR count). The molecule has 0 spiro atoms. The summed E-state index contributed by atoms with van der Waals surface area (Å²) >= 11 is 5.72. The van der Waals surface area contributed by atoms with E-state index in [-0.39, 0.29) is 26.7 Å². The van der Waals surface area contributed by atoms with Gasteiger partial charge in [-0.3, -0.25) is 4.72 Å². The molecule has 2 aromatic carbocycles. The molecule has 21 heavy (non-hydrogen) atoms. The lowest BCUT2D eigenvalue weighted by Gasteiger charge is -2.13. The molecule has 0 radical (unpaired) electrons. The molecule has 0 amide bonds. The molecule has 112 valence electrons. The summed E-state index contributed by atoms with van der Waals surface area (Å²) in [4.78, 5) is -0.0803. The predicted octanol–water partition coefficient (Wildman–Crippen LogP) is 4.04. The minimum absolute atomic E-state index is 0.0803. The van der Waals surface area contributed by atoms with Crippen LogP contribution >= 0.6 is 11.6 Å². The molecule has 0 unspecified atom stereocenters. The monoisotopic (exact) mass is 331 g/mol. The zero-order chi connectivity index (χ0) is 15.8. The van der Waals surface area contributed by atoms with Crippen LogP contribution in [0.5, 0.6) is 0 Å². The first-order valence-corrected chi connectivity index (χ1v) is 7.81. The normalized spacial score (nSPS) is 11.5. The van der Waals surface area contributed by atoms with Crippen LogP contribution in [-0.2, 0) is 10.0 Å². The molecular formula is C14H12ClF2NO2S. The zero-order valence-electron chi connectivity index (χ0n) is 11.2. The number of hydrogen-bond donors (Lipinski definition) is 1. The Labute approximate surface area is 126 Å². The topological polar surface area (TPSA) is 46.2 Å². The fourth-order valence-corrected chi connectivity index (χ4v) is 3.78. The SMILES string of the molecule is Cc1cc(F)cc(C)c1S(=O)(=O)Nc1cc(Cl)ccc1F. The molecule has 0 aliphatic rings. The second kappa shape index (κ2) is 5.61. The van der Waals surface area contributed by atoms with Gasteiger partial charge < -0.3 is 0 Å². The second-order valence-corrected chi connectivity index (χ2v) is 6.65. The first-order valence-electron chi connectivity index (χ1n) is 5.95. The van der Waals surface area contributed by atoms with E-state index in [4.69, 9.17) is 11.6 Å². The van der Waals surface area contributed by atoms with Crippen LogP contribution in [0.1, 0.15) is 11.1 Å². The highest BCUT2D eigenvalue weighted by molar-refractivity contribution is 7.92. The summed E-state index contributed by atoms with van der Waals surface area (Å²) in [5.41, 5.74) is 0.218. The minimum atomic E-state index is -4.05. The van der Waals surface area contributed by atoms with Crippen molar-refractivity contribution >= 4 is 27.3 Å². The van der Waals surface area contributed by atoms with Gasteiger partial charge in [0.1, 0.15) is 11.6 Å². The van der Waals surface area contributed by atoms with Crippen molar-refractivity contribution in [2.45, 2.75) is 18.7 Å². The van der Waals surface area contributed by atoms with Crippen molar-refractivity contribution in [3.8, 4) is 0 Å². The number of anilines is 1. The van der Waals surface area contributed by atoms with Gasteiger partial charge in [0.05, 0.1) is 10.6 Å². The fourth-order valence-electron chi connectivity index (χ4n) is 2.09. The average Bonchev–Trinajstić information content (AvgIpc) is 2.31. The maximum atomic E-state index is 13.6. The van der Waals surface area contributed by atoms with Crippen molar-refractivity contribution in [1.82, 2.24) is 0 Å². The third kappa shape index (κ3) is 3.33. The number of rotatable bonds is 3. The van der Waals surface area contributed by atoms with Crippen LogP contribution in [0.3, 0.4) is 0 Å². The highest BCUT2D eigenvalue weighted by Gasteiger charge is 2.22. The van der Waals surface area contributed by atoms with Crippen molar-refractivity contribution in [3.05, 3.63) is 58.1 Å². The van der Waals surface area contributed by atoms with Gasteiger partial charge in [-0.25, -0.2) is 17.2 Å². The van der Waals surface area contributed by atoms with E-state index in [1.165, 1.54) is 26.0 Å². The lowest BCUT2D eigenvalue weighted by molar-refractivity contribution is 0.595. The van der Waals surface area contributed by atoms with E-state index in [1.54, 1.807) is 0 Å². The van der Waals surface area contributed by atoms with Crippen LogP contribution in [0.2, 0.25) is 5.02 Å². The molecule has 0 aliphatic carbocycles. The molecule has 0 aliphatic heterocycles. The van der Waals surface area contributed by atoms with Gasteiger partial charge in [-0.05, 0) is 55.3 Å². The maximum Gasteiger partial charge on any atom is 0.262 e. The fraction of sp³-hybridized carbons (Fsp3) is 0.143. The minimum Gasteiger partial charge on any atom is -0.277 e. The highest BCUT2D eigenvalue weighted by atomic mass is 35.5. The Morgan fingerprint density at radius 3 is 2.19 bits per heavy atom. The molecule has 0 saturated heterocycles. The summed E-state index contributed by atoms with van der Waals surface area (Å²) in [7, 11) is -4.05. The van der Waals surface area contributed by atoms with E-state index >= 15 is 0 Å². The number of halogens is 3. The largest absolute Gasteiger partial charge is 0.277 e. The Hall–Kier alpha value is -1.66.